The van der Waals surface area contributed by atoms with E-state index < -0.39 is 5.60 Å². The van der Waals surface area contributed by atoms with Crippen molar-refractivity contribution in [3.05, 3.63) is 48.0 Å². The van der Waals surface area contributed by atoms with Gasteiger partial charge in [0.2, 0.25) is 0 Å². The van der Waals surface area contributed by atoms with E-state index in [2.05, 4.69) is 20.6 Å². The Morgan fingerprint density at radius 3 is 2.79 bits per heavy atom. The molecule has 4 heteroatoms. The molecule has 2 saturated carbocycles. The van der Waals surface area contributed by atoms with Gasteiger partial charge in [0.15, 0.2) is 0 Å². The minimum Gasteiger partial charge on any atom is -0.462 e. The zero-order valence-electron chi connectivity index (χ0n) is 18.1. The molecule has 4 rings (SSSR count). The van der Waals surface area contributed by atoms with Gasteiger partial charge in [0.25, 0.3) is 0 Å². The summed E-state index contributed by atoms with van der Waals surface area (Å²) in [7, 11) is 2.07. The van der Waals surface area contributed by atoms with Crippen LogP contribution in [0.3, 0.4) is 0 Å². The van der Waals surface area contributed by atoms with E-state index in [1.165, 1.54) is 18.4 Å². The number of benzene rings is 1. The van der Waals surface area contributed by atoms with Crippen LogP contribution in [-0.4, -0.2) is 37.3 Å². The molecule has 2 aliphatic carbocycles. The van der Waals surface area contributed by atoms with E-state index in [1.54, 1.807) is 0 Å². The van der Waals surface area contributed by atoms with Crippen LogP contribution < -0.4 is 4.90 Å². The fraction of sp³-hybridized carbons (Fsp3) is 0.640. The summed E-state index contributed by atoms with van der Waals surface area (Å²) >= 11 is 0. The first-order chi connectivity index (χ1) is 13.7. The molecule has 1 saturated heterocycles. The Hall–Kier alpha value is -1.65. The molecule has 7 atom stereocenters. The molecule has 158 valence electrons. The van der Waals surface area contributed by atoms with Gasteiger partial charge in [0, 0.05) is 5.92 Å². The maximum atomic E-state index is 12.8. The molecule has 3 aliphatic rings. The molecule has 0 bridgehead atoms. The average molecular weight is 399 g/mol. The van der Waals surface area contributed by atoms with Crippen molar-refractivity contribution < 1.29 is 19.5 Å². The number of carbonyl (C=O) groups excluding carboxylic acids is 1. The molecule has 1 heterocycles. The first-order valence-electron chi connectivity index (χ1n) is 11.2. The number of rotatable bonds is 5. The molecule has 0 spiro atoms. The number of allylic oxidation sites excluding steroid dienone is 1. The third-order valence-corrected chi connectivity index (χ3v) is 7.93. The lowest BCUT2D eigenvalue weighted by atomic mass is 9.55. The number of aliphatic hydroxyl groups is 1. The first kappa shape index (κ1) is 20.6. The summed E-state index contributed by atoms with van der Waals surface area (Å²) in [6.45, 7) is 9.88. The fourth-order valence-corrected chi connectivity index (χ4v) is 6.42. The van der Waals surface area contributed by atoms with Crippen molar-refractivity contribution in [3.8, 4) is 0 Å². The molecule has 0 radical (unpaired) electrons. The average Bonchev–Trinajstić information content (AvgIpc) is 2.94. The van der Waals surface area contributed by atoms with Crippen molar-refractivity contribution >= 4 is 5.97 Å². The van der Waals surface area contributed by atoms with Crippen LogP contribution in [0.15, 0.2) is 42.5 Å². The van der Waals surface area contributed by atoms with Gasteiger partial charge in [0.05, 0.1) is 13.6 Å². The zero-order chi connectivity index (χ0) is 20.8. The number of carbonyl (C=O) groups is 1. The minimum atomic E-state index is -0.921. The molecule has 1 aliphatic heterocycles. The van der Waals surface area contributed by atoms with Crippen molar-refractivity contribution in [2.24, 2.45) is 23.2 Å². The van der Waals surface area contributed by atoms with Gasteiger partial charge >= 0.3 is 5.97 Å². The van der Waals surface area contributed by atoms with Crippen molar-refractivity contribution in [3.63, 3.8) is 0 Å². The number of fused-ring (bicyclic) bond motifs is 2. The third-order valence-electron chi connectivity index (χ3n) is 7.93. The Balaban J connectivity index is 1.45. The van der Waals surface area contributed by atoms with Crippen molar-refractivity contribution in [1.29, 1.82) is 0 Å². The smallest absolute Gasteiger partial charge is 0.315 e. The second kappa shape index (κ2) is 7.55. The fourth-order valence-electron chi connectivity index (χ4n) is 6.42. The summed E-state index contributed by atoms with van der Waals surface area (Å²) in [5.74, 6) is 0.687. The second-order valence-corrected chi connectivity index (χ2v) is 10.4. The van der Waals surface area contributed by atoms with Gasteiger partial charge in [-0.2, -0.15) is 0 Å². The standard InChI is InChI=1S/C25H35NO3/c1-17-9-8-12-24(2)14-22-19(13-21(17)24)20(23(27)29-22)15-26(4)16-25(3,28)18-10-6-5-7-11-18/h5-7,10-11,19-22,28H,1,8-9,12-16H2,2-4H3/p+1/t19-,20-,21+,22+,24-,25+/m0/s1. The molecular formula is C25H36NO3+. The number of hydrogen-bond donors (Lipinski definition) is 2. The number of esters is 1. The molecular weight excluding hydrogens is 362 g/mol. The number of likely N-dealkylation sites (N-methyl/N-ethyl adjacent to an activating group) is 1. The SMILES string of the molecule is C=C1CCC[C@@]2(C)C[C@H]3OC(=O)[C@@H](C[NH+](C)C[C@@](C)(O)c4ccccc4)[C@@H]3C[C@H]12. The predicted molar refractivity (Wildman–Crippen MR) is 113 cm³/mol. The van der Waals surface area contributed by atoms with Crippen LogP contribution in [-0.2, 0) is 15.1 Å². The van der Waals surface area contributed by atoms with Gasteiger partial charge in [0.1, 0.15) is 24.2 Å². The molecule has 4 nitrogen and oxygen atoms in total. The number of hydrogen-bond acceptors (Lipinski definition) is 3. The Labute approximate surface area is 174 Å². The summed E-state index contributed by atoms with van der Waals surface area (Å²) in [5.41, 5.74) is 1.61. The molecule has 1 unspecified atom stereocenters. The van der Waals surface area contributed by atoms with Gasteiger partial charge in [-0.3, -0.25) is 4.79 Å². The van der Waals surface area contributed by atoms with Crippen LogP contribution in [0.2, 0.25) is 0 Å². The van der Waals surface area contributed by atoms with Gasteiger partial charge in [-0.25, -0.2) is 0 Å². The van der Waals surface area contributed by atoms with Crippen LogP contribution >= 0.6 is 0 Å². The molecule has 29 heavy (non-hydrogen) atoms. The zero-order valence-corrected chi connectivity index (χ0v) is 18.1. The lowest BCUT2D eigenvalue weighted by molar-refractivity contribution is -0.890. The Kier molecular flexibility index (Phi) is 5.37. The van der Waals surface area contributed by atoms with Gasteiger partial charge in [-0.05, 0) is 55.9 Å². The van der Waals surface area contributed by atoms with E-state index in [0.29, 0.717) is 19.0 Å². The normalized spacial score (nSPS) is 37.2. The monoisotopic (exact) mass is 398 g/mol. The van der Waals surface area contributed by atoms with Crippen LogP contribution in [0.1, 0.15) is 51.5 Å². The molecule has 0 amide bonds. The van der Waals surface area contributed by atoms with E-state index in [1.807, 2.05) is 37.3 Å². The first-order valence-corrected chi connectivity index (χ1v) is 11.2. The second-order valence-electron chi connectivity index (χ2n) is 10.4. The third kappa shape index (κ3) is 3.89. The van der Waals surface area contributed by atoms with E-state index in [-0.39, 0.29) is 29.3 Å². The van der Waals surface area contributed by atoms with Crippen molar-refractivity contribution in [1.82, 2.24) is 0 Å². The van der Waals surface area contributed by atoms with E-state index >= 15 is 0 Å². The minimum absolute atomic E-state index is 0.0356. The lowest BCUT2D eigenvalue weighted by Gasteiger charge is -2.50. The van der Waals surface area contributed by atoms with Gasteiger partial charge in [-0.15, -0.1) is 0 Å². The quantitative estimate of drug-likeness (QED) is 0.592. The topological polar surface area (TPSA) is 51.0 Å². The number of ether oxygens (including phenoxy) is 1. The maximum Gasteiger partial charge on any atom is 0.315 e. The Morgan fingerprint density at radius 2 is 2.07 bits per heavy atom. The number of nitrogens with one attached hydrogen (secondary N) is 1. The summed E-state index contributed by atoms with van der Waals surface area (Å²) in [6, 6.07) is 9.79. The molecule has 3 fully saturated rings. The Bertz CT molecular complexity index is 774. The van der Waals surface area contributed by atoms with Gasteiger partial charge < -0.3 is 14.7 Å². The summed E-state index contributed by atoms with van der Waals surface area (Å²) in [4.78, 5) is 13.9. The van der Waals surface area contributed by atoms with Crippen molar-refractivity contribution in [2.45, 2.75) is 57.7 Å². The number of quaternary nitrogens is 1. The van der Waals surface area contributed by atoms with Gasteiger partial charge in [-0.1, -0.05) is 49.4 Å². The summed E-state index contributed by atoms with van der Waals surface area (Å²) in [5, 5.41) is 11.0. The van der Waals surface area contributed by atoms with E-state index in [9.17, 15) is 9.90 Å². The highest BCUT2D eigenvalue weighted by molar-refractivity contribution is 5.75. The predicted octanol–water partition coefficient (Wildman–Crippen LogP) is 2.72. The van der Waals surface area contributed by atoms with Crippen LogP contribution in [0.25, 0.3) is 0 Å². The molecule has 1 aromatic rings. The highest BCUT2D eigenvalue weighted by atomic mass is 16.6. The molecule has 1 aromatic carbocycles. The highest BCUT2D eigenvalue weighted by Gasteiger charge is 2.56. The van der Waals surface area contributed by atoms with Crippen LogP contribution in [0.4, 0.5) is 0 Å². The van der Waals surface area contributed by atoms with Crippen molar-refractivity contribution in [2.75, 3.05) is 20.1 Å². The lowest BCUT2D eigenvalue weighted by Crippen LogP contribution is -3.11. The molecule has 0 aromatic heterocycles. The Morgan fingerprint density at radius 1 is 1.34 bits per heavy atom. The maximum absolute atomic E-state index is 12.8. The summed E-state index contributed by atoms with van der Waals surface area (Å²) in [6.07, 6.45) is 5.61. The largest absolute Gasteiger partial charge is 0.462 e. The van der Waals surface area contributed by atoms with E-state index in [0.717, 1.165) is 29.7 Å². The molecule has 2 N–H and O–H groups in total. The summed E-state index contributed by atoms with van der Waals surface area (Å²) < 4.78 is 5.90. The van der Waals surface area contributed by atoms with E-state index in [4.69, 9.17) is 4.74 Å². The van der Waals surface area contributed by atoms with Crippen LogP contribution in [0, 0.1) is 23.2 Å². The highest BCUT2D eigenvalue weighted by Crippen LogP contribution is 2.56. The van der Waals surface area contributed by atoms with Crippen LogP contribution in [0.5, 0.6) is 0 Å².